The van der Waals surface area contributed by atoms with Gasteiger partial charge in [-0.05, 0) is 32.0 Å². The molecule has 1 aliphatic rings. The lowest BCUT2D eigenvalue weighted by Gasteiger charge is -2.28. The number of hydrogen-bond acceptors (Lipinski definition) is 4. The molecule has 2 N–H and O–H groups in total. The Kier molecular flexibility index (Phi) is 4.43. The average molecular weight is 303 g/mol. The molecule has 2 heterocycles. The minimum atomic E-state index is -0.311. The van der Waals surface area contributed by atoms with Gasteiger partial charge in [0.15, 0.2) is 5.69 Å². The van der Waals surface area contributed by atoms with E-state index >= 15 is 0 Å². The van der Waals surface area contributed by atoms with Crippen LogP contribution >= 0.6 is 0 Å². The zero-order valence-corrected chi connectivity index (χ0v) is 12.1. The van der Waals surface area contributed by atoms with Gasteiger partial charge in [0.1, 0.15) is 5.82 Å². The van der Waals surface area contributed by atoms with Crippen molar-refractivity contribution in [3.8, 4) is 0 Å². The Morgan fingerprint density at radius 3 is 2.82 bits per heavy atom. The molecular weight excluding hydrogens is 285 g/mol. The Hall–Kier alpha value is -2.28. The van der Waals surface area contributed by atoms with Crippen LogP contribution < -0.4 is 5.32 Å². The van der Waals surface area contributed by atoms with Crippen molar-refractivity contribution in [2.45, 2.75) is 18.9 Å². The number of likely N-dealkylation sites (tertiary alicyclic amines) is 1. The number of aromatic amines is 1. The van der Waals surface area contributed by atoms with Crippen LogP contribution in [-0.4, -0.2) is 45.9 Å². The quantitative estimate of drug-likeness (QED) is 0.878. The minimum Gasteiger partial charge on any atom is -0.349 e. The second-order valence-corrected chi connectivity index (χ2v) is 5.35. The highest BCUT2D eigenvalue weighted by molar-refractivity contribution is 5.91. The van der Waals surface area contributed by atoms with Crippen LogP contribution in [0.2, 0.25) is 0 Å². The number of H-pyrrole nitrogens is 1. The fraction of sp³-hybridized carbons (Fsp3) is 0.400. The van der Waals surface area contributed by atoms with Crippen LogP contribution in [0.1, 0.15) is 34.9 Å². The first-order chi connectivity index (χ1) is 10.8. The molecular formula is C15H18FN5O. The van der Waals surface area contributed by atoms with Crippen LogP contribution in [0.3, 0.4) is 0 Å². The van der Waals surface area contributed by atoms with Crippen LogP contribution in [0, 0.1) is 5.82 Å². The SMILES string of the molecule is O=C(NC[C@@H](c1ccccc1F)N1CCCC1)c1cn[nH]n1. The van der Waals surface area contributed by atoms with E-state index in [4.69, 9.17) is 0 Å². The van der Waals surface area contributed by atoms with Crippen molar-refractivity contribution in [3.63, 3.8) is 0 Å². The molecule has 2 aromatic rings. The van der Waals surface area contributed by atoms with Crippen LogP contribution in [0.5, 0.6) is 0 Å². The van der Waals surface area contributed by atoms with Crippen molar-refractivity contribution < 1.29 is 9.18 Å². The second-order valence-electron chi connectivity index (χ2n) is 5.35. The number of hydrogen-bond donors (Lipinski definition) is 2. The number of rotatable bonds is 5. The number of aromatic nitrogens is 3. The molecule has 22 heavy (non-hydrogen) atoms. The predicted octanol–water partition coefficient (Wildman–Crippen LogP) is 1.51. The highest BCUT2D eigenvalue weighted by atomic mass is 19.1. The molecule has 1 amide bonds. The van der Waals surface area contributed by atoms with Crippen molar-refractivity contribution >= 4 is 5.91 Å². The largest absolute Gasteiger partial charge is 0.349 e. The van der Waals surface area contributed by atoms with Crippen LogP contribution in [0.4, 0.5) is 4.39 Å². The van der Waals surface area contributed by atoms with E-state index in [0.717, 1.165) is 25.9 Å². The van der Waals surface area contributed by atoms with Gasteiger partial charge in [-0.1, -0.05) is 18.2 Å². The van der Waals surface area contributed by atoms with Crippen molar-refractivity contribution in [1.29, 1.82) is 0 Å². The average Bonchev–Trinajstić information content (AvgIpc) is 3.22. The summed E-state index contributed by atoms with van der Waals surface area (Å²) in [5.41, 5.74) is 0.846. The van der Waals surface area contributed by atoms with Crippen LogP contribution in [-0.2, 0) is 0 Å². The van der Waals surface area contributed by atoms with Crippen molar-refractivity contribution in [1.82, 2.24) is 25.6 Å². The summed E-state index contributed by atoms with van der Waals surface area (Å²) in [7, 11) is 0. The maximum Gasteiger partial charge on any atom is 0.273 e. The summed E-state index contributed by atoms with van der Waals surface area (Å²) in [5.74, 6) is -0.552. The van der Waals surface area contributed by atoms with E-state index in [2.05, 4.69) is 25.6 Å². The van der Waals surface area contributed by atoms with Gasteiger partial charge < -0.3 is 5.32 Å². The summed E-state index contributed by atoms with van der Waals surface area (Å²) in [5, 5.41) is 12.6. The zero-order chi connectivity index (χ0) is 15.4. The lowest BCUT2D eigenvalue weighted by Crippen LogP contribution is -2.37. The highest BCUT2D eigenvalue weighted by Gasteiger charge is 2.26. The number of amides is 1. The Bertz CT molecular complexity index is 625. The minimum absolute atomic E-state index is 0.167. The van der Waals surface area contributed by atoms with Crippen LogP contribution in [0.25, 0.3) is 0 Å². The van der Waals surface area contributed by atoms with E-state index in [-0.39, 0.29) is 23.5 Å². The molecule has 1 saturated heterocycles. The summed E-state index contributed by atoms with van der Waals surface area (Å²) in [4.78, 5) is 14.2. The molecule has 6 nitrogen and oxygen atoms in total. The van der Waals surface area contributed by atoms with E-state index in [1.54, 1.807) is 12.1 Å². The molecule has 7 heteroatoms. The van der Waals surface area contributed by atoms with Gasteiger partial charge in [-0.3, -0.25) is 9.69 Å². The van der Waals surface area contributed by atoms with E-state index in [9.17, 15) is 9.18 Å². The van der Waals surface area contributed by atoms with E-state index in [1.165, 1.54) is 12.3 Å². The van der Waals surface area contributed by atoms with Gasteiger partial charge in [-0.25, -0.2) is 4.39 Å². The molecule has 0 saturated carbocycles. The zero-order valence-electron chi connectivity index (χ0n) is 12.1. The van der Waals surface area contributed by atoms with Gasteiger partial charge in [0.25, 0.3) is 5.91 Å². The van der Waals surface area contributed by atoms with Crippen LogP contribution in [0.15, 0.2) is 30.5 Å². The molecule has 1 atom stereocenters. The number of nitrogens with zero attached hydrogens (tertiary/aromatic N) is 3. The fourth-order valence-corrected chi connectivity index (χ4v) is 2.83. The normalized spacial score (nSPS) is 16.6. The molecule has 0 spiro atoms. The summed E-state index contributed by atoms with van der Waals surface area (Å²) < 4.78 is 14.1. The number of carbonyl (C=O) groups is 1. The van der Waals surface area contributed by atoms with E-state index in [1.807, 2.05) is 6.07 Å². The van der Waals surface area contributed by atoms with Crippen molar-refractivity contribution in [3.05, 3.63) is 47.5 Å². The summed E-state index contributed by atoms with van der Waals surface area (Å²) >= 11 is 0. The third kappa shape index (κ3) is 3.14. The lowest BCUT2D eigenvalue weighted by molar-refractivity contribution is 0.0932. The smallest absolute Gasteiger partial charge is 0.273 e. The van der Waals surface area contributed by atoms with E-state index < -0.39 is 0 Å². The first-order valence-corrected chi connectivity index (χ1v) is 7.38. The third-order valence-corrected chi connectivity index (χ3v) is 3.95. The molecule has 0 bridgehead atoms. The number of benzene rings is 1. The maximum atomic E-state index is 14.1. The monoisotopic (exact) mass is 303 g/mol. The Labute approximate surface area is 127 Å². The predicted molar refractivity (Wildman–Crippen MR) is 78.7 cm³/mol. The van der Waals surface area contributed by atoms with E-state index in [0.29, 0.717) is 12.1 Å². The summed E-state index contributed by atoms with van der Waals surface area (Å²) in [6.45, 7) is 2.17. The number of halogens is 1. The maximum absolute atomic E-state index is 14.1. The van der Waals surface area contributed by atoms with Gasteiger partial charge in [0.2, 0.25) is 0 Å². The van der Waals surface area contributed by atoms with Crippen molar-refractivity contribution in [2.24, 2.45) is 0 Å². The molecule has 1 fully saturated rings. The lowest BCUT2D eigenvalue weighted by atomic mass is 10.0. The first-order valence-electron chi connectivity index (χ1n) is 7.38. The Balaban J connectivity index is 1.74. The standard InChI is InChI=1S/C15H18FN5O/c16-12-6-2-1-5-11(12)14(21-7-3-4-8-21)10-17-15(22)13-9-18-20-19-13/h1-2,5-6,9,14H,3-4,7-8,10H2,(H,17,22)(H,18,19,20)/t14-/m0/s1. The molecule has 1 aromatic carbocycles. The highest BCUT2D eigenvalue weighted by Crippen LogP contribution is 2.26. The van der Waals surface area contributed by atoms with Crippen molar-refractivity contribution in [2.75, 3.05) is 19.6 Å². The molecule has 3 rings (SSSR count). The Morgan fingerprint density at radius 2 is 2.14 bits per heavy atom. The first kappa shape index (κ1) is 14.6. The summed E-state index contributed by atoms with van der Waals surface area (Å²) in [6, 6.07) is 6.56. The fourth-order valence-electron chi connectivity index (χ4n) is 2.83. The molecule has 1 aromatic heterocycles. The second kappa shape index (κ2) is 6.65. The number of carbonyl (C=O) groups excluding carboxylic acids is 1. The van der Waals surface area contributed by atoms with Gasteiger partial charge in [-0.2, -0.15) is 15.4 Å². The third-order valence-electron chi connectivity index (χ3n) is 3.95. The van der Waals surface area contributed by atoms with Gasteiger partial charge in [0, 0.05) is 12.1 Å². The summed E-state index contributed by atoms with van der Waals surface area (Å²) in [6.07, 6.45) is 3.56. The molecule has 0 radical (unpaired) electrons. The topological polar surface area (TPSA) is 73.9 Å². The molecule has 116 valence electrons. The van der Waals surface area contributed by atoms with Gasteiger partial charge >= 0.3 is 0 Å². The van der Waals surface area contributed by atoms with Gasteiger partial charge in [-0.15, -0.1) is 0 Å². The molecule has 1 aliphatic heterocycles. The molecule has 0 unspecified atom stereocenters. The Morgan fingerprint density at radius 1 is 1.36 bits per heavy atom. The number of nitrogens with one attached hydrogen (secondary N) is 2. The van der Waals surface area contributed by atoms with Gasteiger partial charge in [0.05, 0.1) is 12.2 Å². The molecule has 0 aliphatic carbocycles.